The van der Waals surface area contributed by atoms with Crippen LogP contribution in [0.5, 0.6) is 5.75 Å². The Hall–Kier alpha value is -1.88. The molecule has 0 spiro atoms. The van der Waals surface area contributed by atoms with Gasteiger partial charge in [-0.3, -0.25) is 4.79 Å². The number of methoxy groups -OCH3 is 1. The standard InChI is InChI=1S/C13H16BrN3O2.C2HF3O2/c1-13-5-8(15-9(13)6-13)12(18)17-11-4-7(19-2)3-10(14)16-11;3-2(4,5)1(6)7/h3-4,8-9,15H,5-6H2,1-2H3,(H,16,17,18);(H,6,7)/t8-,9+,13-;/m0./s1. The summed E-state index contributed by atoms with van der Waals surface area (Å²) in [5.41, 5.74) is 0.324. The third-order valence-electron chi connectivity index (χ3n) is 4.24. The lowest BCUT2D eigenvalue weighted by Gasteiger charge is -2.14. The van der Waals surface area contributed by atoms with Crippen molar-refractivity contribution < 1.29 is 32.6 Å². The molecular weight excluding hydrogens is 423 g/mol. The first-order valence-electron chi connectivity index (χ1n) is 7.53. The maximum atomic E-state index is 12.2. The number of nitrogens with zero attached hydrogens (tertiary/aromatic N) is 1. The number of aliphatic carboxylic acids is 1. The lowest BCUT2D eigenvalue weighted by molar-refractivity contribution is -0.192. The van der Waals surface area contributed by atoms with Gasteiger partial charge in [0.15, 0.2) is 0 Å². The first kappa shape index (κ1) is 20.4. The highest BCUT2D eigenvalue weighted by molar-refractivity contribution is 9.10. The molecule has 1 aliphatic heterocycles. The highest BCUT2D eigenvalue weighted by Gasteiger charge is 2.58. The van der Waals surface area contributed by atoms with Crippen LogP contribution >= 0.6 is 15.9 Å². The molecule has 1 aromatic rings. The van der Waals surface area contributed by atoms with Gasteiger partial charge in [0.25, 0.3) is 0 Å². The fourth-order valence-corrected chi connectivity index (χ4v) is 3.11. The van der Waals surface area contributed by atoms with Crippen LogP contribution in [0.4, 0.5) is 19.0 Å². The minimum atomic E-state index is -5.08. The molecule has 26 heavy (non-hydrogen) atoms. The number of hydrogen-bond donors (Lipinski definition) is 3. The zero-order valence-electron chi connectivity index (χ0n) is 13.9. The number of carbonyl (C=O) groups excluding carboxylic acids is 1. The number of hydrogen-bond acceptors (Lipinski definition) is 5. The lowest BCUT2D eigenvalue weighted by Crippen LogP contribution is -2.38. The Morgan fingerprint density at radius 3 is 2.50 bits per heavy atom. The molecule has 0 radical (unpaired) electrons. The number of rotatable bonds is 3. The van der Waals surface area contributed by atoms with Crippen molar-refractivity contribution in [2.75, 3.05) is 12.4 Å². The van der Waals surface area contributed by atoms with Gasteiger partial charge in [0, 0.05) is 18.2 Å². The molecule has 1 saturated heterocycles. The predicted octanol–water partition coefficient (Wildman–Crippen LogP) is 2.56. The van der Waals surface area contributed by atoms with E-state index in [0.29, 0.717) is 27.6 Å². The summed E-state index contributed by atoms with van der Waals surface area (Å²) >= 11 is 3.29. The van der Waals surface area contributed by atoms with Crippen LogP contribution in [-0.2, 0) is 9.59 Å². The van der Waals surface area contributed by atoms with Gasteiger partial charge in [-0.25, -0.2) is 9.78 Å². The maximum absolute atomic E-state index is 12.2. The number of amides is 1. The number of halogens is 4. The van der Waals surface area contributed by atoms with E-state index in [9.17, 15) is 18.0 Å². The molecule has 3 N–H and O–H groups in total. The maximum Gasteiger partial charge on any atom is 0.490 e. The van der Waals surface area contributed by atoms with E-state index >= 15 is 0 Å². The van der Waals surface area contributed by atoms with Crippen molar-refractivity contribution in [2.45, 2.75) is 38.0 Å². The van der Waals surface area contributed by atoms with Crippen molar-refractivity contribution >= 4 is 33.6 Å². The topological polar surface area (TPSA) is 101 Å². The van der Waals surface area contributed by atoms with E-state index in [1.54, 1.807) is 19.2 Å². The number of nitrogens with one attached hydrogen (secondary N) is 2. The number of aromatic nitrogens is 1. The summed E-state index contributed by atoms with van der Waals surface area (Å²) in [6.07, 6.45) is -3.01. The molecule has 2 heterocycles. The van der Waals surface area contributed by atoms with Gasteiger partial charge >= 0.3 is 12.1 Å². The molecule has 2 aliphatic rings. The first-order chi connectivity index (χ1) is 11.9. The fraction of sp³-hybridized carbons (Fsp3) is 0.533. The second kappa shape index (κ2) is 7.39. The quantitative estimate of drug-likeness (QED) is 0.625. The van der Waals surface area contributed by atoms with Crippen molar-refractivity contribution in [3.05, 3.63) is 16.7 Å². The molecule has 0 bridgehead atoms. The number of carbonyl (C=O) groups is 2. The Balaban J connectivity index is 0.000000298. The summed E-state index contributed by atoms with van der Waals surface area (Å²) in [7, 11) is 1.58. The summed E-state index contributed by atoms with van der Waals surface area (Å²) in [5, 5.41) is 13.3. The van der Waals surface area contributed by atoms with Crippen LogP contribution in [0.1, 0.15) is 19.8 Å². The number of carboxylic acid groups (broad SMARTS) is 1. The minimum absolute atomic E-state index is 0.0268. The molecule has 144 valence electrons. The van der Waals surface area contributed by atoms with E-state index in [4.69, 9.17) is 14.6 Å². The summed E-state index contributed by atoms with van der Waals surface area (Å²) < 4.78 is 37.5. The fourth-order valence-electron chi connectivity index (χ4n) is 2.70. The van der Waals surface area contributed by atoms with Gasteiger partial charge in [-0.1, -0.05) is 6.92 Å². The molecule has 0 unspecified atom stereocenters. The highest BCUT2D eigenvalue weighted by Crippen LogP contribution is 2.53. The zero-order chi connectivity index (χ0) is 19.7. The van der Waals surface area contributed by atoms with E-state index in [-0.39, 0.29) is 11.9 Å². The van der Waals surface area contributed by atoms with Crippen LogP contribution in [-0.4, -0.2) is 47.3 Å². The third kappa shape index (κ3) is 5.07. The molecule has 1 amide bonds. The average molecular weight is 440 g/mol. The van der Waals surface area contributed by atoms with Crippen LogP contribution in [0.3, 0.4) is 0 Å². The van der Waals surface area contributed by atoms with Crippen molar-refractivity contribution in [2.24, 2.45) is 5.41 Å². The van der Waals surface area contributed by atoms with Crippen LogP contribution < -0.4 is 15.4 Å². The van der Waals surface area contributed by atoms with Crippen molar-refractivity contribution in [3.63, 3.8) is 0 Å². The van der Waals surface area contributed by atoms with E-state index in [1.807, 2.05) is 0 Å². The molecule has 3 rings (SSSR count). The number of piperidine rings is 1. The van der Waals surface area contributed by atoms with Gasteiger partial charge in [-0.2, -0.15) is 13.2 Å². The van der Waals surface area contributed by atoms with Crippen LogP contribution in [0, 0.1) is 5.41 Å². The number of alkyl halides is 3. The van der Waals surface area contributed by atoms with Crippen LogP contribution in [0.25, 0.3) is 0 Å². The van der Waals surface area contributed by atoms with Gasteiger partial charge in [0.2, 0.25) is 5.91 Å². The smallest absolute Gasteiger partial charge is 0.490 e. The van der Waals surface area contributed by atoms with Crippen molar-refractivity contribution in [3.8, 4) is 5.75 Å². The largest absolute Gasteiger partial charge is 0.497 e. The second-order valence-electron chi connectivity index (χ2n) is 6.34. The molecular formula is C15H17BrF3N3O4. The summed E-state index contributed by atoms with van der Waals surface area (Å²) in [4.78, 5) is 25.3. The number of ether oxygens (including phenoxy) is 1. The zero-order valence-corrected chi connectivity index (χ0v) is 15.4. The molecule has 11 heteroatoms. The van der Waals surface area contributed by atoms with Gasteiger partial charge in [-0.05, 0) is 34.2 Å². The number of anilines is 1. The molecule has 1 aromatic heterocycles. The monoisotopic (exact) mass is 439 g/mol. The van der Waals surface area contributed by atoms with Crippen LogP contribution in [0.15, 0.2) is 16.7 Å². The van der Waals surface area contributed by atoms with E-state index in [0.717, 1.165) is 6.42 Å². The Morgan fingerprint density at radius 2 is 2.04 bits per heavy atom. The number of carboxylic acids is 1. The third-order valence-corrected chi connectivity index (χ3v) is 4.64. The number of pyridine rings is 1. The van der Waals surface area contributed by atoms with E-state index in [2.05, 4.69) is 38.5 Å². The SMILES string of the molecule is COc1cc(Br)nc(NC(=O)[C@@H]2C[C@@]3(C)C[C@H]3N2)c1.O=C(O)C(F)(F)F. The van der Waals surface area contributed by atoms with Crippen molar-refractivity contribution in [1.82, 2.24) is 10.3 Å². The molecule has 2 fully saturated rings. The average Bonchev–Trinajstić information content (AvgIpc) is 3.03. The Morgan fingerprint density at radius 1 is 1.42 bits per heavy atom. The van der Waals surface area contributed by atoms with E-state index in [1.165, 1.54) is 6.42 Å². The summed E-state index contributed by atoms with van der Waals surface area (Å²) in [6, 6.07) is 3.85. The molecule has 1 saturated carbocycles. The molecule has 0 aromatic carbocycles. The lowest BCUT2D eigenvalue weighted by atomic mass is 10.0. The van der Waals surface area contributed by atoms with Gasteiger partial charge in [0.05, 0.1) is 13.2 Å². The summed E-state index contributed by atoms with van der Waals surface area (Å²) in [6.45, 7) is 2.22. The Bertz CT molecular complexity index is 716. The van der Waals surface area contributed by atoms with E-state index < -0.39 is 12.1 Å². The molecule has 7 nitrogen and oxygen atoms in total. The molecule has 3 atom stereocenters. The summed E-state index contributed by atoms with van der Waals surface area (Å²) in [5.74, 6) is -1.62. The predicted molar refractivity (Wildman–Crippen MR) is 88.9 cm³/mol. The first-order valence-corrected chi connectivity index (χ1v) is 8.32. The van der Waals surface area contributed by atoms with Gasteiger partial charge in [0.1, 0.15) is 16.2 Å². The minimum Gasteiger partial charge on any atom is -0.497 e. The second-order valence-corrected chi connectivity index (χ2v) is 7.15. The van der Waals surface area contributed by atoms with Crippen LogP contribution in [0.2, 0.25) is 0 Å². The number of fused-ring (bicyclic) bond motifs is 1. The highest BCUT2D eigenvalue weighted by atomic mass is 79.9. The molecule has 1 aliphatic carbocycles. The Labute approximate surface area is 155 Å². The van der Waals surface area contributed by atoms with Gasteiger partial charge in [-0.15, -0.1) is 0 Å². The van der Waals surface area contributed by atoms with Gasteiger partial charge < -0.3 is 20.5 Å². The Kier molecular flexibility index (Phi) is 5.81. The van der Waals surface area contributed by atoms with Crippen molar-refractivity contribution in [1.29, 1.82) is 0 Å². The normalized spacial score (nSPS) is 26.2.